The zero-order valence-corrected chi connectivity index (χ0v) is 10.3. The highest BCUT2D eigenvalue weighted by atomic mass is 17.3. The van der Waals surface area contributed by atoms with Crippen molar-refractivity contribution in [2.45, 2.75) is 6.29 Å². The van der Waals surface area contributed by atoms with E-state index < -0.39 is 6.29 Å². The van der Waals surface area contributed by atoms with Crippen LogP contribution in [0.25, 0.3) is 0 Å². The van der Waals surface area contributed by atoms with Crippen LogP contribution in [0, 0.1) is 0 Å². The Morgan fingerprint density at radius 2 is 1.53 bits per heavy atom. The highest BCUT2D eigenvalue weighted by Crippen LogP contribution is 2.32. The Hall–Kier alpha value is -1.34. The van der Waals surface area contributed by atoms with Gasteiger partial charge in [-0.1, -0.05) is 0 Å². The van der Waals surface area contributed by atoms with Crippen LogP contribution in [0.3, 0.4) is 0 Å². The molecular weight excluding hydrogens is 228 g/mol. The molecule has 0 N–H and O–H groups in total. The molecule has 1 aromatic carbocycles. The van der Waals surface area contributed by atoms with E-state index in [1.54, 1.807) is 25.3 Å². The Bertz CT molecular complexity index is 335. The summed E-state index contributed by atoms with van der Waals surface area (Å²) in [6, 6.07) is 5.20. The molecule has 0 bridgehead atoms. The zero-order valence-electron chi connectivity index (χ0n) is 10.3. The van der Waals surface area contributed by atoms with Crippen LogP contribution >= 0.6 is 0 Å². The molecule has 0 amide bonds. The van der Waals surface area contributed by atoms with Crippen molar-refractivity contribution in [1.29, 1.82) is 0 Å². The molecule has 1 rings (SSSR count). The molecule has 0 aliphatic rings. The monoisotopic (exact) mass is 244 g/mol. The van der Waals surface area contributed by atoms with Crippen LogP contribution in [0.4, 0.5) is 0 Å². The van der Waals surface area contributed by atoms with Crippen LogP contribution in [0.5, 0.6) is 11.5 Å². The van der Waals surface area contributed by atoms with Crippen molar-refractivity contribution < 1.29 is 29.0 Å². The first-order chi connectivity index (χ1) is 8.26. The number of hydrogen-bond acceptors (Lipinski definition) is 6. The summed E-state index contributed by atoms with van der Waals surface area (Å²) in [5.41, 5.74) is 0.622. The molecule has 0 aliphatic carbocycles. The number of ether oxygens (including phenoxy) is 2. The summed E-state index contributed by atoms with van der Waals surface area (Å²) in [4.78, 5) is 19.0. The third kappa shape index (κ3) is 3.57. The van der Waals surface area contributed by atoms with Gasteiger partial charge in [-0.3, -0.25) is 0 Å². The maximum Gasteiger partial charge on any atom is 0.253 e. The van der Waals surface area contributed by atoms with Gasteiger partial charge in [-0.2, -0.15) is 9.78 Å². The smallest absolute Gasteiger partial charge is 0.253 e. The average Bonchev–Trinajstić information content (AvgIpc) is 2.37. The van der Waals surface area contributed by atoms with Gasteiger partial charge in [-0.25, -0.2) is 9.78 Å². The van der Waals surface area contributed by atoms with E-state index in [1.165, 1.54) is 21.3 Å². The summed E-state index contributed by atoms with van der Waals surface area (Å²) in [5.74, 6) is 1.21. The van der Waals surface area contributed by atoms with E-state index in [2.05, 4.69) is 9.78 Å². The molecule has 17 heavy (non-hydrogen) atoms. The number of methoxy groups -OCH3 is 2. The molecule has 6 heteroatoms. The summed E-state index contributed by atoms with van der Waals surface area (Å²) in [6.07, 6.45) is -0.842. The molecule has 0 saturated carbocycles. The Kier molecular flexibility index (Phi) is 5.71. The van der Waals surface area contributed by atoms with Crippen LogP contribution in [-0.4, -0.2) is 28.4 Å². The molecule has 0 atom stereocenters. The second-order valence-corrected chi connectivity index (χ2v) is 2.97. The van der Waals surface area contributed by atoms with Crippen molar-refractivity contribution in [2.75, 3.05) is 28.4 Å². The Morgan fingerprint density at radius 1 is 0.882 bits per heavy atom. The van der Waals surface area contributed by atoms with Crippen molar-refractivity contribution in [2.24, 2.45) is 0 Å². The molecule has 6 nitrogen and oxygen atoms in total. The highest BCUT2D eigenvalue weighted by Gasteiger charge is 2.20. The van der Waals surface area contributed by atoms with Crippen LogP contribution in [-0.2, 0) is 19.6 Å². The molecule has 0 saturated heterocycles. The van der Waals surface area contributed by atoms with Crippen LogP contribution < -0.4 is 9.47 Å². The van der Waals surface area contributed by atoms with Gasteiger partial charge in [0.05, 0.1) is 34.0 Å². The fraction of sp³-hybridized carbons (Fsp3) is 0.455. The molecule has 0 fully saturated rings. The van der Waals surface area contributed by atoms with Gasteiger partial charge in [0.1, 0.15) is 11.5 Å². The quantitative estimate of drug-likeness (QED) is 0.414. The maximum atomic E-state index is 5.21. The van der Waals surface area contributed by atoms with E-state index in [0.29, 0.717) is 17.1 Å². The standard InChI is InChI=1S/C11H16O6/c1-12-8-5-6-9(10(7-8)13-2)11(16-14-3)17-15-4/h5-7,11H,1-4H3. The second-order valence-electron chi connectivity index (χ2n) is 2.97. The predicted molar refractivity (Wildman–Crippen MR) is 58.5 cm³/mol. The number of hydrogen-bond donors (Lipinski definition) is 0. The lowest BCUT2D eigenvalue weighted by Crippen LogP contribution is -2.09. The fourth-order valence-corrected chi connectivity index (χ4v) is 1.31. The third-order valence-electron chi connectivity index (χ3n) is 2.06. The first-order valence-corrected chi connectivity index (χ1v) is 4.87. The van der Waals surface area contributed by atoms with Gasteiger partial charge >= 0.3 is 0 Å². The largest absolute Gasteiger partial charge is 0.497 e. The van der Waals surface area contributed by atoms with E-state index in [1.807, 2.05) is 0 Å². The lowest BCUT2D eigenvalue weighted by Gasteiger charge is -2.17. The number of benzene rings is 1. The van der Waals surface area contributed by atoms with Crippen molar-refractivity contribution in [3.8, 4) is 11.5 Å². The first kappa shape index (κ1) is 13.7. The van der Waals surface area contributed by atoms with E-state index >= 15 is 0 Å². The average molecular weight is 244 g/mol. The van der Waals surface area contributed by atoms with E-state index in [-0.39, 0.29) is 0 Å². The molecule has 1 aromatic rings. The summed E-state index contributed by atoms with van der Waals surface area (Å²) in [5, 5.41) is 0. The lowest BCUT2D eigenvalue weighted by molar-refractivity contribution is -0.454. The van der Waals surface area contributed by atoms with Gasteiger partial charge < -0.3 is 9.47 Å². The lowest BCUT2D eigenvalue weighted by atomic mass is 10.2. The van der Waals surface area contributed by atoms with Crippen LogP contribution in [0.15, 0.2) is 18.2 Å². The van der Waals surface area contributed by atoms with Crippen LogP contribution in [0.1, 0.15) is 11.9 Å². The topological polar surface area (TPSA) is 55.4 Å². The summed E-state index contributed by atoms with van der Waals surface area (Å²) < 4.78 is 10.3. The molecular formula is C11H16O6. The molecule has 0 unspecified atom stereocenters. The normalized spacial score (nSPS) is 10.6. The van der Waals surface area contributed by atoms with Gasteiger partial charge in [0, 0.05) is 6.07 Å². The summed E-state index contributed by atoms with van der Waals surface area (Å²) in [7, 11) is 5.86. The molecule has 0 aromatic heterocycles. The summed E-state index contributed by atoms with van der Waals surface area (Å²) >= 11 is 0. The first-order valence-electron chi connectivity index (χ1n) is 4.87. The molecule has 0 spiro atoms. The molecule has 0 aliphatic heterocycles. The van der Waals surface area contributed by atoms with Gasteiger partial charge in [-0.05, 0) is 12.1 Å². The highest BCUT2D eigenvalue weighted by molar-refractivity contribution is 5.41. The molecule has 0 radical (unpaired) electrons. The minimum atomic E-state index is -0.842. The molecule has 96 valence electrons. The third-order valence-corrected chi connectivity index (χ3v) is 2.06. The van der Waals surface area contributed by atoms with E-state index in [0.717, 1.165) is 0 Å². The number of rotatable bonds is 7. The second kappa shape index (κ2) is 7.08. The van der Waals surface area contributed by atoms with Crippen molar-refractivity contribution in [1.82, 2.24) is 0 Å². The van der Waals surface area contributed by atoms with Crippen molar-refractivity contribution in [3.05, 3.63) is 23.8 Å². The van der Waals surface area contributed by atoms with E-state index in [4.69, 9.17) is 19.2 Å². The fourth-order valence-electron chi connectivity index (χ4n) is 1.31. The minimum absolute atomic E-state index is 0.545. The van der Waals surface area contributed by atoms with Crippen molar-refractivity contribution in [3.63, 3.8) is 0 Å². The van der Waals surface area contributed by atoms with Gasteiger partial charge in [0.2, 0.25) is 0 Å². The Labute approximate surface area is 99.8 Å². The van der Waals surface area contributed by atoms with Gasteiger partial charge in [0.15, 0.2) is 0 Å². The Balaban J connectivity index is 2.99. The van der Waals surface area contributed by atoms with Gasteiger partial charge in [-0.15, -0.1) is 0 Å². The summed E-state index contributed by atoms with van der Waals surface area (Å²) in [6.45, 7) is 0. The van der Waals surface area contributed by atoms with Crippen LogP contribution in [0.2, 0.25) is 0 Å². The minimum Gasteiger partial charge on any atom is -0.497 e. The maximum absolute atomic E-state index is 5.21. The SMILES string of the molecule is COOC(OOC)c1ccc(OC)cc1OC. The predicted octanol–water partition coefficient (Wildman–Crippen LogP) is 1.86. The molecule has 0 heterocycles. The Morgan fingerprint density at radius 3 is 2.00 bits per heavy atom. The van der Waals surface area contributed by atoms with Crippen molar-refractivity contribution >= 4 is 0 Å². The van der Waals surface area contributed by atoms with Gasteiger partial charge in [0.25, 0.3) is 6.29 Å². The zero-order chi connectivity index (χ0) is 12.7. The van der Waals surface area contributed by atoms with E-state index in [9.17, 15) is 0 Å².